The van der Waals surface area contributed by atoms with Crippen LogP contribution in [0.2, 0.25) is 0 Å². The maximum Gasteiger partial charge on any atom is 0.340 e. The molecule has 0 aliphatic carbocycles. The standard InChI is InChI=1S/C15H24FN3O2/c1-5-10(2)19(3)7-6-18-14-8-11(15(20)21-4)13(17)9-12(14)16/h8-10,18H,5-7,17H2,1-4H3. The van der Waals surface area contributed by atoms with Gasteiger partial charge in [-0.2, -0.15) is 0 Å². The molecule has 0 amide bonds. The first-order chi connectivity index (χ1) is 9.90. The van der Waals surface area contributed by atoms with Gasteiger partial charge in [-0.25, -0.2) is 9.18 Å². The van der Waals surface area contributed by atoms with Gasteiger partial charge in [0.05, 0.1) is 18.4 Å². The highest BCUT2D eigenvalue weighted by molar-refractivity contribution is 5.96. The number of ether oxygens (including phenoxy) is 1. The summed E-state index contributed by atoms with van der Waals surface area (Å²) >= 11 is 0. The number of anilines is 2. The van der Waals surface area contributed by atoms with Gasteiger partial charge in [-0.3, -0.25) is 0 Å². The Labute approximate surface area is 125 Å². The van der Waals surface area contributed by atoms with Gasteiger partial charge >= 0.3 is 5.97 Å². The highest BCUT2D eigenvalue weighted by Crippen LogP contribution is 2.22. The second kappa shape index (κ2) is 7.83. The van der Waals surface area contributed by atoms with Crippen molar-refractivity contribution < 1.29 is 13.9 Å². The van der Waals surface area contributed by atoms with Gasteiger partial charge < -0.3 is 20.7 Å². The summed E-state index contributed by atoms with van der Waals surface area (Å²) in [6.45, 7) is 5.60. The number of likely N-dealkylation sites (N-methyl/N-ethyl adjacent to an activating group) is 1. The van der Waals surface area contributed by atoms with E-state index in [1.54, 1.807) is 0 Å². The van der Waals surface area contributed by atoms with Gasteiger partial charge in [-0.05, 0) is 32.5 Å². The Morgan fingerprint density at radius 1 is 1.52 bits per heavy atom. The lowest BCUT2D eigenvalue weighted by Crippen LogP contribution is -2.32. The van der Waals surface area contributed by atoms with Crippen molar-refractivity contribution in [3.8, 4) is 0 Å². The largest absolute Gasteiger partial charge is 0.465 e. The van der Waals surface area contributed by atoms with Crippen molar-refractivity contribution in [3.05, 3.63) is 23.5 Å². The number of methoxy groups -OCH3 is 1. The van der Waals surface area contributed by atoms with Crippen LogP contribution in [0.25, 0.3) is 0 Å². The second-order valence-corrected chi connectivity index (χ2v) is 5.08. The summed E-state index contributed by atoms with van der Waals surface area (Å²) in [5.74, 6) is -1.06. The Morgan fingerprint density at radius 2 is 2.19 bits per heavy atom. The zero-order valence-corrected chi connectivity index (χ0v) is 13.1. The summed E-state index contributed by atoms with van der Waals surface area (Å²) in [5, 5.41) is 2.99. The fourth-order valence-corrected chi connectivity index (χ4v) is 1.91. The van der Waals surface area contributed by atoms with Crippen molar-refractivity contribution in [1.82, 2.24) is 4.90 Å². The van der Waals surface area contributed by atoms with Crippen LogP contribution >= 0.6 is 0 Å². The molecule has 1 aromatic rings. The van der Waals surface area contributed by atoms with Gasteiger partial charge in [-0.15, -0.1) is 0 Å². The summed E-state index contributed by atoms with van der Waals surface area (Å²) in [7, 11) is 3.29. The first-order valence-corrected chi connectivity index (χ1v) is 7.02. The van der Waals surface area contributed by atoms with Crippen molar-refractivity contribution in [3.63, 3.8) is 0 Å². The van der Waals surface area contributed by atoms with Crippen LogP contribution in [-0.4, -0.2) is 44.2 Å². The van der Waals surface area contributed by atoms with Gasteiger partial charge in [0.25, 0.3) is 0 Å². The monoisotopic (exact) mass is 297 g/mol. The van der Waals surface area contributed by atoms with E-state index >= 15 is 0 Å². The van der Waals surface area contributed by atoms with Crippen molar-refractivity contribution in [2.45, 2.75) is 26.3 Å². The molecule has 0 saturated carbocycles. The van der Waals surface area contributed by atoms with Crippen LogP contribution in [0.15, 0.2) is 12.1 Å². The molecule has 0 heterocycles. The number of carbonyl (C=O) groups excluding carboxylic acids is 1. The molecule has 1 aromatic carbocycles. The van der Waals surface area contributed by atoms with Gasteiger partial charge in [0.2, 0.25) is 0 Å². The Hall–Kier alpha value is -1.82. The van der Waals surface area contributed by atoms with Gasteiger partial charge in [0.15, 0.2) is 0 Å². The molecule has 0 fully saturated rings. The fraction of sp³-hybridized carbons (Fsp3) is 0.533. The summed E-state index contributed by atoms with van der Waals surface area (Å²) in [5.41, 5.74) is 6.11. The number of carbonyl (C=O) groups is 1. The minimum atomic E-state index is -0.577. The second-order valence-electron chi connectivity index (χ2n) is 5.08. The zero-order valence-electron chi connectivity index (χ0n) is 13.1. The molecule has 0 aliphatic rings. The molecule has 1 atom stereocenters. The van der Waals surface area contributed by atoms with Crippen LogP contribution in [0.3, 0.4) is 0 Å². The molecular formula is C15H24FN3O2. The summed E-state index contributed by atoms with van der Waals surface area (Å²) in [6.07, 6.45) is 1.05. The Balaban J connectivity index is 2.73. The number of nitrogen functional groups attached to an aromatic ring is 1. The molecule has 21 heavy (non-hydrogen) atoms. The lowest BCUT2D eigenvalue weighted by molar-refractivity contribution is 0.0602. The third-order valence-corrected chi connectivity index (χ3v) is 3.67. The number of hydrogen-bond acceptors (Lipinski definition) is 5. The Kier molecular flexibility index (Phi) is 6.42. The normalized spacial score (nSPS) is 12.3. The zero-order chi connectivity index (χ0) is 16.0. The number of halogens is 1. The summed E-state index contributed by atoms with van der Waals surface area (Å²) < 4.78 is 18.5. The van der Waals surface area contributed by atoms with Crippen molar-refractivity contribution in [2.75, 3.05) is 38.3 Å². The molecule has 1 rings (SSSR count). The molecule has 5 nitrogen and oxygen atoms in total. The number of esters is 1. The molecule has 0 aliphatic heterocycles. The van der Waals surface area contributed by atoms with Crippen molar-refractivity contribution >= 4 is 17.3 Å². The average Bonchev–Trinajstić information content (AvgIpc) is 2.47. The topological polar surface area (TPSA) is 67.6 Å². The first kappa shape index (κ1) is 17.2. The van der Waals surface area contributed by atoms with E-state index in [1.807, 2.05) is 7.05 Å². The molecule has 1 unspecified atom stereocenters. The number of hydrogen-bond donors (Lipinski definition) is 2. The molecule has 0 aromatic heterocycles. The molecular weight excluding hydrogens is 273 g/mol. The number of nitrogens with zero attached hydrogens (tertiary/aromatic N) is 1. The number of nitrogens with one attached hydrogen (secondary N) is 1. The molecule has 0 bridgehead atoms. The van der Waals surface area contributed by atoms with E-state index in [4.69, 9.17) is 5.73 Å². The number of benzene rings is 1. The van der Waals surface area contributed by atoms with Gasteiger partial charge in [-0.1, -0.05) is 6.92 Å². The predicted molar refractivity (Wildman–Crippen MR) is 83.0 cm³/mol. The number of rotatable bonds is 7. The number of nitrogens with two attached hydrogens (primary N) is 1. The Morgan fingerprint density at radius 3 is 2.76 bits per heavy atom. The van der Waals surface area contributed by atoms with Crippen LogP contribution < -0.4 is 11.1 Å². The summed E-state index contributed by atoms with van der Waals surface area (Å²) in [4.78, 5) is 13.7. The molecule has 0 saturated heterocycles. The van der Waals surface area contributed by atoms with E-state index in [0.717, 1.165) is 19.0 Å². The molecule has 118 valence electrons. The highest BCUT2D eigenvalue weighted by atomic mass is 19.1. The van der Waals surface area contributed by atoms with Crippen LogP contribution in [-0.2, 0) is 4.74 Å². The molecule has 0 spiro atoms. The third-order valence-electron chi connectivity index (χ3n) is 3.67. The van der Waals surface area contributed by atoms with Gasteiger partial charge in [0, 0.05) is 24.8 Å². The van der Waals surface area contributed by atoms with Crippen LogP contribution in [0.1, 0.15) is 30.6 Å². The van der Waals surface area contributed by atoms with E-state index in [2.05, 4.69) is 28.8 Å². The lowest BCUT2D eigenvalue weighted by Gasteiger charge is -2.23. The minimum Gasteiger partial charge on any atom is -0.465 e. The first-order valence-electron chi connectivity index (χ1n) is 7.02. The maximum atomic E-state index is 13.8. The molecule has 3 N–H and O–H groups in total. The van der Waals surface area contributed by atoms with Gasteiger partial charge in [0.1, 0.15) is 5.82 Å². The van der Waals surface area contributed by atoms with Crippen LogP contribution in [0, 0.1) is 5.82 Å². The van der Waals surface area contributed by atoms with Crippen molar-refractivity contribution in [2.24, 2.45) is 0 Å². The lowest BCUT2D eigenvalue weighted by atomic mass is 10.1. The smallest absolute Gasteiger partial charge is 0.340 e. The summed E-state index contributed by atoms with van der Waals surface area (Å²) in [6, 6.07) is 2.99. The van der Waals surface area contributed by atoms with Crippen LogP contribution in [0.5, 0.6) is 0 Å². The average molecular weight is 297 g/mol. The van der Waals surface area contributed by atoms with Crippen molar-refractivity contribution in [1.29, 1.82) is 0 Å². The quantitative estimate of drug-likeness (QED) is 0.597. The highest BCUT2D eigenvalue weighted by Gasteiger charge is 2.14. The maximum absolute atomic E-state index is 13.8. The third kappa shape index (κ3) is 4.60. The van der Waals surface area contributed by atoms with E-state index < -0.39 is 11.8 Å². The predicted octanol–water partition coefficient (Wildman–Crippen LogP) is 2.34. The molecule has 0 radical (unpaired) electrons. The van der Waals surface area contributed by atoms with E-state index in [9.17, 15) is 9.18 Å². The van der Waals surface area contributed by atoms with Crippen LogP contribution in [0.4, 0.5) is 15.8 Å². The van der Waals surface area contributed by atoms with E-state index in [-0.39, 0.29) is 16.9 Å². The molecule has 6 heteroatoms. The van der Waals surface area contributed by atoms with E-state index in [1.165, 1.54) is 13.2 Å². The Bertz CT molecular complexity index is 494. The SMILES string of the molecule is CCC(C)N(C)CCNc1cc(C(=O)OC)c(N)cc1F. The van der Waals surface area contributed by atoms with E-state index in [0.29, 0.717) is 12.6 Å². The fourth-order valence-electron chi connectivity index (χ4n) is 1.91. The minimum absolute atomic E-state index is 0.0709.